The van der Waals surface area contributed by atoms with E-state index < -0.39 is 11.7 Å². The van der Waals surface area contributed by atoms with Gasteiger partial charge in [0.05, 0.1) is 12.2 Å². The maximum absolute atomic E-state index is 13.2. The van der Waals surface area contributed by atoms with Crippen molar-refractivity contribution in [2.45, 2.75) is 38.1 Å². The van der Waals surface area contributed by atoms with Crippen molar-refractivity contribution >= 4 is 0 Å². The van der Waals surface area contributed by atoms with E-state index in [0.717, 1.165) is 0 Å². The standard InChI is InChI=1S/C13H17FO3/c1-8(16-3)13(2)7-11(15)10-5-4-9(14)6-12(10)17-13/h4-6,8,11,15H,7H2,1-3H3/t8?,11-,13?/m0/s1. The second-order valence-corrected chi connectivity index (χ2v) is 4.69. The molecule has 2 rings (SSSR count). The Morgan fingerprint density at radius 1 is 1.59 bits per heavy atom. The normalized spacial score (nSPS) is 29.4. The van der Waals surface area contributed by atoms with Crippen LogP contribution in [0.4, 0.5) is 4.39 Å². The highest BCUT2D eigenvalue weighted by atomic mass is 19.1. The van der Waals surface area contributed by atoms with Gasteiger partial charge >= 0.3 is 0 Å². The van der Waals surface area contributed by atoms with Crippen LogP contribution < -0.4 is 4.74 Å². The number of rotatable bonds is 2. The molecule has 17 heavy (non-hydrogen) atoms. The summed E-state index contributed by atoms with van der Waals surface area (Å²) in [5.41, 5.74) is -0.0122. The van der Waals surface area contributed by atoms with Gasteiger partial charge in [-0.05, 0) is 26.0 Å². The molecule has 4 heteroatoms. The third-order valence-electron chi connectivity index (χ3n) is 3.49. The largest absolute Gasteiger partial charge is 0.484 e. The predicted molar refractivity (Wildman–Crippen MR) is 61.5 cm³/mol. The van der Waals surface area contributed by atoms with Crippen LogP contribution in [-0.2, 0) is 4.74 Å². The van der Waals surface area contributed by atoms with Crippen molar-refractivity contribution in [2.24, 2.45) is 0 Å². The SMILES string of the molecule is COC(C)C1(C)C[C@H](O)c2ccc(F)cc2O1. The number of aliphatic hydroxyl groups is 1. The molecule has 0 aliphatic carbocycles. The van der Waals surface area contributed by atoms with E-state index in [1.807, 2.05) is 13.8 Å². The molecule has 3 atom stereocenters. The van der Waals surface area contributed by atoms with Crippen LogP contribution in [0.25, 0.3) is 0 Å². The highest BCUT2D eigenvalue weighted by molar-refractivity contribution is 5.38. The first kappa shape index (κ1) is 12.3. The number of fused-ring (bicyclic) bond motifs is 1. The zero-order valence-electron chi connectivity index (χ0n) is 10.2. The molecule has 1 aliphatic heterocycles. The van der Waals surface area contributed by atoms with E-state index >= 15 is 0 Å². The Morgan fingerprint density at radius 3 is 2.94 bits per heavy atom. The Bertz CT molecular complexity index is 421. The summed E-state index contributed by atoms with van der Waals surface area (Å²) in [4.78, 5) is 0. The van der Waals surface area contributed by atoms with Crippen LogP contribution in [0.1, 0.15) is 31.9 Å². The number of aliphatic hydroxyl groups excluding tert-OH is 1. The highest BCUT2D eigenvalue weighted by Crippen LogP contribution is 2.41. The number of benzene rings is 1. The summed E-state index contributed by atoms with van der Waals surface area (Å²) >= 11 is 0. The highest BCUT2D eigenvalue weighted by Gasteiger charge is 2.41. The van der Waals surface area contributed by atoms with Crippen LogP contribution >= 0.6 is 0 Å². The van der Waals surface area contributed by atoms with Gasteiger partial charge in [0.1, 0.15) is 17.2 Å². The van der Waals surface area contributed by atoms with Crippen LogP contribution in [0.3, 0.4) is 0 Å². The van der Waals surface area contributed by atoms with Crippen molar-refractivity contribution < 1.29 is 19.0 Å². The van der Waals surface area contributed by atoms with Gasteiger partial charge < -0.3 is 14.6 Å². The average molecular weight is 240 g/mol. The monoisotopic (exact) mass is 240 g/mol. The van der Waals surface area contributed by atoms with E-state index in [0.29, 0.717) is 17.7 Å². The Hall–Kier alpha value is -1.13. The van der Waals surface area contributed by atoms with Crippen molar-refractivity contribution in [1.29, 1.82) is 0 Å². The van der Waals surface area contributed by atoms with Crippen molar-refractivity contribution in [2.75, 3.05) is 7.11 Å². The van der Waals surface area contributed by atoms with Crippen molar-refractivity contribution in [1.82, 2.24) is 0 Å². The lowest BCUT2D eigenvalue weighted by Gasteiger charge is -2.41. The van der Waals surface area contributed by atoms with Gasteiger partial charge in [-0.1, -0.05) is 0 Å². The van der Waals surface area contributed by atoms with E-state index in [-0.39, 0.29) is 11.9 Å². The van der Waals surface area contributed by atoms with Crippen molar-refractivity contribution in [3.8, 4) is 5.75 Å². The summed E-state index contributed by atoms with van der Waals surface area (Å²) in [6.07, 6.45) is -0.406. The van der Waals surface area contributed by atoms with Gasteiger partial charge in [0.25, 0.3) is 0 Å². The summed E-state index contributed by atoms with van der Waals surface area (Å²) < 4.78 is 24.2. The Balaban J connectivity index is 2.37. The van der Waals surface area contributed by atoms with Crippen LogP contribution in [-0.4, -0.2) is 23.9 Å². The molecule has 0 saturated carbocycles. The van der Waals surface area contributed by atoms with Crippen LogP contribution in [0, 0.1) is 5.82 Å². The van der Waals surface area contributed by atoms with Gasteiger partial charge in [-0.3, -0.25) is 0 Å². The number of halogens is 1. The third-order valence-corrected chi connectivity index (χ3v) is 3.49. The van der Waals surface area contributed by atoms with Crippen molar-refractivity contribution in [3.05, 3.63) is 29.6 Å². The van der Waals surface area contributed by atoms with E-state index in [4.69, 9.17) is 9.47 Å². The first-order valence-electron chi connectivity index (χ1n) is 5.65. The van der Waals surface area contributed by atoms with Crippen LogP contribution in [0.15, 0.2) is 18.2 Å². The molecule has 0 radical (unpaired) electrons. The predicted octanol–water partition coefficient (Wildman–Crippen LogP) is 2.44. The van der Waals surface area contributed by atoms with Crippen LogP contribution in [0.5, 0.6) is 5.75 Å². The minimum Gasteiger partial charge on any atom is -0.484 e. The zero-order chi connectivity index (χ0) is 12.6. The lowest BCUT2D eigenvalue weighted by molar-refractivity contribution is -0.0920. The fourth-order valence-corrected chi connectivity index (χ4v) is 2.16. The van der Waals surface area contributed by atoms with Gasteiger partial charge in [-0.2, -0.15) is 0 Å². The van der Waals surface area contributed by atoms with E-state index in [1.54, 1.807) is 13.2 Å². The molecule has 94 valence electrons. The van der Waals surface area contributed by atoms with Crippen molar-refractivity contribution in [3.63, 3.8) is 0 Å². The van der Waals surface area contributed by atoms with Gasteiger partial charge in [0.2, 0.25) is 0 Å². The average Bonchev–Trinajstić information content (AvgIpc) is 2.26. The second kappa shape index (κ2) is 4.27. The van der Waals surface area contributed by atoms with Crippen LogP contribution in [0.2, 0.25) is 0 Å². The van der Waals surface area contributed by atoms with E-state index in [1.165, 1.54) is 12.1 Å². The Kier molecular flexibility index (Phi) is 3.10. The molecule has 1 heterocycles. The lowest BCUT2D eigenvalue weighted by Crippen LogP contribution is -2.47. The molecule has 1 N–H and O–H groups in total. The molecular weight excluding hydrogens is 223 g/mol. The summed E-state index contributed by atoms with van der Waals surface area (Å²) in [6.45, 7) is 3.73. The molecule has 0 saturated heterocycles. The molecule has 0 amide bonds. The third kappa shape index (κ3) is 2.15. The van der Waals surface area contributed by atoms with E-state index in [9.17, 15) is 9.50 Å². The van der Waals surface area contributed by atoms with Gasteiger partial charge in [0, 0.05) is 25.2 Å². The molecule has 0 aromatic heterocycles. The number of hydrogen-bond acceptors (Lipinski definition) is 3. The molecule has 0 bridgehead atoms. The molecule has 0 fully saturated rings. The van der Waals surface area contributed by atoms with Gasteiger partial charge in [-0.25, -0.2) is 4.39 Å². The fraction of sp³-hybridized carbons (Fsp3) is 0.538. The minimum absolute atomic E-state index is 0.187. The molecule has 3 nitrogen and oxygen atoms in total. The quantitative estimate of drug-likeness (QED) is 0.862. The smallest absolute Gasteiger partial charge is 0.135 e. The molecule has 1 aromatic carbocycles. The summed E-state index contributed by atoms with van der Waals surface area (Å²) in [5.74, 6) is 0.0282. The first-order valence-corrected chi connectivity index (χ1v) is 5.65. The molecule has 1 aromatic rings. The second-order valence-electron chi connectivity index (χ2n) is 4.69. The number of hydrogen-bond donors (Lipinski definition) is 1. The topological polar surface area (TPSA) is 38.7 Å². The van der Waals surface area contributed by atoms with Gasteiger partial charge in [-0.15, -0.1) is 0 Å². The maximum atomic E-state index is 13.2. The fourth-order valence-electron chi connectivity index (χ4n) is 2.16. The van der Waals surface area contributed by atoms with E-state index in [2.05, 4.69) is 0 Å². The summed E-state index contributed by atoms with van der Waals surface area (Å²) in [5, 5.41) is 10.1. The Morgan fingerprint density at radius 2 is 2.29 bits per heavy atom. The molecular formula is C13H17FO3. The minimum atomic E-state index is -0.651. The lowest BCUT2D eigenvalue weighted by atomic mass is 9.86. The number of methoxy groups -OCH3 is 1. The Labute approximate surface area is 100 Å². The summed E-state index contributed by atoms with van der Waals surface area (Å²) in [6, 6.07) is 4.19. The maximum Gasteiger partial charge on any atom is 0.135 e. The molecule has 0 spiro atoms. The summed E-state index contributed by atoms with van der Waals surface area (Å²) in [7, 11) is 1.59. The zero-order valence-corrected chi connectivity index (χ0v) is 10.2. The van der Waals surface area contributed by atoms with Gasteiger partial charge in [0.15, 0.2) is 0 Å². The molecule has 1 aliphatic rings. The number of ether oxygens (including phenoxy) is 2. The molecule has 2 unspecified atom stereocenters. The first-order chi connectivity index (χ1) is 7.96.